The van der Waals surface area contributed by atoms with Gasteiger partial charge >= 0.3 is 0 Å². The Labute approximate surface area is 180 Å². The zero-order valence-corrected chi connectivity index (χ0v) is 19.0. The fraction of sp³-hybridized carbons (Fsp3) is 0.565. The first kappa shape index (κ1) is 22.3. The standard InChI is InChI=1S/C23H36N6O/c1-17(2)22(28-11-13-30-14-12-28)16-26-23(24-5)25-15-21-18(3)27-29(19(21)4)20-9-7-6-8-10-20/h6-10,17,22H,11-16H2,1-5H3,(H2,24,25,26). The van der Waals surface area contributed by atoms with E-state index in [2.05, 4.69) is 60.4 Å². The minimum Gasteiger partial charge on any atom is -0.379 e. The topological polar surface area (TPSA) is 66.7 Å². The van der Waals surface area contributed by atoms with Crippen molar-refractivity contribution in [1.29, 1.82) is 0 Å². The molecule has 2 heterocycles. The minimum absolute atomic E-state index is 0.455. The van der Waals surface area contributed by atoms with Gasteiger partial charge in [-0.05, 0) is 31.9 Å². The average molecular weight is 413 g/mol. The molecule has 1 aliphatic rings. The summed E-state index contributed by atoms with van der Waals surface area (Å²) in [4.78, 5) is 6.95. The summed E-state index contributed by atoms with van der Waals surface area (Å²) in [5, 5.41) is 11.7. The van der Waals surface area contributed by atoms with Crippen molar-refractivity contribution in [2.75, 3.05) is 39.9 Å². The summed E-state index contributed by atoms with van der Waals surface area (Å²) in [5.74, 6) is 1.38. The first-order chi connectivity index (χ1) is 14.5. The van der Waals surface area contributed by atoms with Crippen LogP contribution in [0.2, 0.25) is 0 Å². The second kappa shape index (κ2) is 10.6. The van der Waals surface area contributed by atoms with E-state index >= 15 is 0 Å². The SMILES string of the molecule is CN=C(NCc1c(C)nn(-c2ccccc2)c1C)NCC(C(C)C)N1CCOCC1. The number of guanidine groups is 1. The predicted octanol–water partition coefficient (Wildman–Crippen LogP) is 2.51. The molecule has 1 fully saturated rings. The number of nitrogens with one attached hydrogen (secondary N) is 2. The maximum Gasteiger partial charge on any atom is 0.191 e. The number of benzene rings is 1. The fourth-order valence-corrected chi connectivity index (χ4v) is 4.04. The van der Waals surface area contributed by atoms with E-state index in [9.17, 15) is 0 Å². The number of nitrogens with zero attached hydrogens (tertiary/aromatic N) is 4. The Morgan fingerprint density at radius 3 is 2.47 bits per heavy atom. The predicted molar refractivity (Wildman–Crippen MR) is 122 cm³/mol. The van der Waals surface area contributed by atoms with E-state index in [0.29, 0.717) is 18.5 Å². The van der Waals surface area contributed by atoms with Gasteiger partial charge in [0.15, 0.2) is 5.96 Å². The second-order valence-electron chi connectivity index (χ2n) is 8.16. The molecule has 0 aliphatic carbocycles. The van der Waals surface area contributed by atoms with Crippen molar-refractivity contribution in [1.82, 2.24) is 25.3 Å². The third kappa shape index (κ3) is 5.40. The van der Waals surface area contributed by atoms with Gasteiger partial charge in [-0.15, -0.1) is 0 Å². The molecule has 1 aliphatic heterocycles. The summed E-state index contributed by atoms with van der Waals surface area (Å²) >= 11 is 0. The number of morpholine rings is 1. The van der Waals surface area contributed by atoms with Crippen LogP contribution in [0.25, 0.3) is 5.69 Å². The first-order valence-electron chi connectivity index (χ1n) is 10.9. The molecule has 30 heavy (non-hydrogen) atoms. The zero-order chi connectivity index (χ0) is 21.5. The second-order valence-corrected chi connectivity index (χ2v) is 8.16. The molecule has 7 heteroatoms. The Bertz CT molecular complexity index is 824. The van der Waals surface area contributed by atoms with Crippen LogP contribution in [-0.4, -0.2) is 66.6 Å². The number of ether oxygens (including phenoxy) is 1. The Kier molecular flexibility index (Phi) is 7.87. The zero-order valence-electron chi connectivity index (χ0n) is 19.0. The Morgan fingerprint density at radius 2 is 1.83 bits per heavy atom. The van der Waals surface area contributed by atoms with Crippen molar-refractivity contribution in [2.45, 2.75) is 40.3 Å². The molecule has 0 bridgehead atoms. The van der Waals surface area contributed by atoms with E-state index in [0.717, 1.165) is 55.9 Å². The van der Waals surface area contributed by atoms with Gasteiger partial charge in [0.05, 0.1) is 24.6 Å². The molecule has 164 valence electrons. The van der Waals surface area contributed by atoms with E-state index in [1.54, 1.807) is 0 Å². The molecule has 3 rings (SSSR count). The largest absolute Gasteiger partial charge is 0.379 e. The number of aliphatic imine (C=N–C) groups is 1. The maximum atomic E-state index is 5.51. The summed E-state index contributed by atoms with van der Waals surface area (Å²) in [6.45, 7) is 13.9. The van der Waals surface area contributed by atoms with E-state index in [-0.39, 0.29) is 0 Å². The molecule has 1 atom stereocenters. The molecular formula is C23H36N6O. The quantitative estimate of drug-likeness (QED) is 0.540. The molecule has 0 spiro atoms. The lowest BCUT2D eigenvalue weighted by Crippen LogP contribution is -2.52. The normalized spacial score (nSPS) is 16.7. The third-order valence-corrected chi connectivity index (χ3v) is 5.86. The van der Waals surface area contributed by atoms with Crippen molar-refractivity contribution in [3.8, 4) is 5.69 Å². The van der Waals surface area contributed by atoms with Crippen molar-refractivity contribution in [3.63, 3.8) is 0 Å². The third-order valence-electron chi connectivity index (χ3n) is 5.86. The molecule has 0 amide bonds. The minimum atomic E-state index is 0.455. The Hall–Kier alpha value is -2.38. The van der Waals surface area contributed by atoms with Gasteiger partial charge in [0.2, 0.25) is 0 Å². The summed E-state index contributed by atoms with van der Waals surface area (Å²) in [6.07, 6.45) is 0. The van der Waals surface area contributed by atoms with E-state index in [4.69, 9.17) is 9.84 Å². The van der Waals surface area contributed by atoms with Crippen LogP contribution >= 0.6 is 0 Å². The summed E-state index contributed by atoms with van der Waals surface area (Å²) < 4.78 is 7.52. The van der Waals surface area contributed by atoms with Crippen molar-refractivity contribution in [2.24, 2.45) is 10.9 Å². The van der Waals surface area contributed by atoms with Gasteiger partial charge in [0, 0.05) is 50.5 Å². The molecule has 0 radical (unpaired) electrons. The summed E-state index contributed by atoms with van der Waals surface area (Å²) in [6, 6.07) is 10.7. The summed E-state index contributed by atoms with van der Waals surface area (Å²) in [7, 11) is 1.82. The van der Waals surface area contributed by atoms with Gasteiger partial charge in [-0.2, -0.15) is 5.10 Å². The molecule has 1 aromatic carbocycles. The number of aryl methyl sites for hydroxylation is 1. The van der Waals surface area contributed by atoms with Crippen LogP contribution in [0.15, 0.2) is 35.3 Å². The van der Waals surface area contributed by atoms with Crippen molar-refractivity contribution >= 4 is 5.96 Å². The highest BCUT2D eigenvalue weighted by atomic mass is 16.5. The molecule has 2 aromatic rings. The number of hydrogen-bond donors (Lipinski definition) is 2. The van der Waals surface area contributed by atoms with E-state index in [1.807, 2.05) is 29.9 Å². The van der Waals surface area contributed by atoms with Crippen LogP contribution in [0.1, 0.15) is 30.8 Å². The van der Waals surface area contributed by atoms with Gasteiger partial charge < -0.3 is 15.4 Å². The molecule has 2 N–H and O–H groups in total. The maximum absolute atomic E-state index is 5.51. The van der Waals surface area contributed by atoms with Gasteiger partial charge in [0.1, 0.15) is 0 Å². The lowest BCUT2D eigenvalue weighted by molar-refractivity contribution is 0.00752. The Morgan fingerprint density at radius 1 is 1.13 bits per heavy atom. The number of hydrogen-bond acceptors (Lipinski definition) is 4. The van der Waals surface area contributed by atoms with Crippen LogP contribution in [0, 0.1) is 19.8 Å². The van der Waals surface area contributed by atoms with Crippen molar-refractivity contribution in [3.05, 3.63) is 47.3 Å². The highest BCUT2D eigenvalue weighted by molar-refractivity contribution is 5.79. The molecule has 1 unspecified atom stereocenters. The highest BCUT2D eigenvalue weighted by Crippen LogP contribution is 2.17. The molecule has 7 nitrogen and oxygen atoms in total. The smallest absolute Gasteiger partial charge is 0.191 e. The fourth-order valence-electron chi connectivity index (χ4n) is 4.04. The van der Waals surface area contributed by atoms with E-state index in [1.165, 1.54) is 5.56 Å². The number of para-hydroxylation sites is 1. The van der Waals surface area contributed by atoms with Gasteiger partial charge in [-0.1, -0.05) is 32.0 Å². The van der Waals surface area contributed by atoms with Gasteiger partial charge in [-0.25, -0.2) is 4.68 Å². The highest BCUT2D eigenvalue weighted by Gasteiger charge is 2.24. The number of aromatic nitrogens is 2. The lowest BCUT2D eigenvalue weighted by atomic mass is 10.0. The van der Waals surface area contributed by atoms with E-state index < -0.39 is 0 Å². The monoisotopic (exact) mass is 412 g/mol. The summed E-state index contributed by atoms with van der Waals surface area (Å²) in [5.41, 5.74) is 4.47. The van der Waals surface area contributed by atoms with Crippen LogP contribution in [-0.2, 0) is 11.3 Å². The van der Waals surface area contributed by atoms with Gasteiger partial charge in [-0.3, -0.25) is 9.89 Å². The Balaban J connectivity index is 1.61. The number of rotatable bonds is 7. The molecule has 0 saturated carbocycles. The molecule has 1 aromatic heterocycles. The van der Waals surface area contributed by atoms with Gasteiger partial charge in [0.25, 0.3) is 0 Å². The molecular weight excluding hydrogens is 376 g/mol. The van der Waals surface area contributed by atoms with Crippen LogP contribution < -0.4 is 10.6 Å². The van der Waals surface area contributed by atoms with Crippen LogP contribution in [0.4, 0.5) is 0 Å². The average Bonchev–Trinajstić information content (AvgIpc) is 3.05. The van der Waals surface area contributed by atoms with Crippen molar-refractivity contribution < 1.29 is 4.74 Å². The molecule has 1 saturated heterocycles. The van der Waals surface area contributed by atoms with Crippen LogP contribution in [0.3, 0.4) is 0 Å². The lowest BCUT2D eigenvalue weighted by Gasteiger charge is -2.37. The first-order valence-corrected chi connectivity index (χ1v) is 10.9. The van der Waals surface area contributed by atoms with Crippen LogP contribution in [0.5, 0.6) is 0 Å².